The molecule has 0 saturated carbocycles. The summed E-state index contributed by atoms with van der Waals surface area (Å²) in [6.45, 7) is 1.85. The Balaban J connectivity index is 1.50. The van der Waals surface area contributed by atoms with Crippen LogP contribution in [0.2, 0.25) is 5.02 Å². The van der Waals surface area contributed by atoms with Crippen LogP contribution in [-0.4, -0.2) is 24.5 Å². The standard InChI is InChI=1S/C25H17ClN4O4S2/c1-16-9-11-20(12-10-16)36(32,33)34-19-6-4-5-17(14-19)13-18(15-27)23(31)28-25-30-29-24(35-25)21-7-2-3-8-22(21)26/h2-14H,1H3,(H,28,30,31)/b18-13+. The molecule has 0 saturated heterocycles. The predicted octanol–water partition coefficient (Wildman–Crippen LogP) is 5.48. The van der Waals surface area contributed by atoms with Gasteiger partial charge in [-0.1, -0.05) is 71.0 Å². The zero-order valence-electron chi connectivity index (χ0n) is 18.7. The third-order valence-corrected chi connectivity index (χ3v) is 7.26. The summed E-state index contributed by atoms with van der Waals surface area (Å²) in [7, 11) is -4.05. The van der Waals surface area contributed by atoms with E-state index in [9.17, 15) is 18.5 Å². The van der Waals surface area contributed by atoms with Crippen molar-refractivity contribution < 1.29 is 17.4 Å². The van der Waals surface area contributed by atoms with Gasteiger partial charge in [-0.2, -0.15) is 13.7 Å². The van der Waals surface area contributed by atoms with Crippen LogP contribution in [0.4, 0.5) is 5.13 Å². The van der Waals surface area contributed by atoms with Gasteiger partial charge in [-0.15, -0.1) is 10.2 Å². The predicted molar refractivity (Wildman–Crippen MR) is 138 cm³/mol. The normalized spacial score (nSPS) is 11.5. The van der Waals surface area contributed by atoms with E-state index >= 15 is 0 Å². The second-order valence-corrected chi connectivity index (χ2v) is 10.4. The molecule has 0 unspecified atom stereocenters. The molecule has 0 spiro atoms. The fourth-order valence-corrected chi connectivity index (χ4v) is 5.01. The number of benzene rings is 3. The number of nitrogens with zero attached hydrogens (tertiary/aromatic N) is 3. The van der Waals surface area contributed by atoms with Gasteiger partial charge in [0, 0.05) is 5.56 Å². The van der Waals surface area contributed by atoms with Gasteiger partial charge in [0.15, 0.2) is 5.01 Å². The summed E-state index contributed by atoms with van der Waals surface area (Å²) in [6.07, 6.45) is 1.32. The summed E-state index contributed by atoms with van der Waals surface area (Å²) in [5.41, 5.74) is 1.76. The molecule has 0 aliphatic rings. The molecule has 180 valence electrons. The second kappa shape index (κ2) is 10.7. The van der Waals surface area contributed by atoms with Crippen molar-refractivity contribution in [2.45, 2.75) is 11.8 Å². The van der Waals surface area contributed by atoms with E-state index in [1.807, 2.05) is 13.0 Å². The lowest BCUT2D eigenvalue weighted by Gasteiger charge is -2.08. The number of aromatic nitrogens is 2. The highest BCUT2D eigenvalue weighted by Gasteiger charge is 2.18. The van der Waals surface area contributed by atoms with Crippen molar-refractivity contribution in [2.75, 3.05) is 5.32 Å². The Morgan fingerprint density at radius 1 is 1.08 bits per heavy atom. The van der Waals surface area contributed by atoms with E-state index in [4.69, 9.17) is 15.8 Å². The molecular formula is C25H17ClN4O4S2. The maximum Gasteiger partial charge on any atom is 0.339 e. The van der Waals surface area contributed by atoms with Crippen molar-refractivity contribution in [1.82, 2.24) is 10.2 Å². The van der Waals surface area contributed by atoms with Crippen LogP contribution in [0.3, 0.4) is 0 Å². The maximum atomic E-state index is 12.7. The van der Waals surface area contributed by atoms with Crippen molar-refractivity contribution in [2.24, 2.45) is 0 Å². The largest absolute Gasteiger partial charge is 0.379 e. The maximum absolute atomic E-state index is 12.7. The molecule has 11 heteroatoms. The van der Waals surface area contributed by atoms with Crippen molar-refractivity contribution in [3.63, 3.8) is 0 Å². The zero-order valence-corrected chi connectivity index (χ0v) is 21.1. The van der Waals surface area contributed by atoms with Crippen LogP contribution in [-0.2, 0) is 14.9 Å². The molecule has 4 aromatic rings. The van der Waals surface area contributed by atoms with Gasteiger partial charge < -0.3 is 4.18 Å². The molecule has 1 amide bonds. The molecule has 4 rings (SSSR count). The number of halogens is 1. The lowest BCUT2D eigenvalue weighted by molar-refractivity contribution is -0.112. The Hall–Kier alpha value is -4.04. The molecule has 0 radical (unpaired) electrons. The van der Waals surface area contributed by atoms with Crippen LogP contribution in [0.5, 0.6) is 5.75 Å². The van der Waals surface area contributed by atoms with Crippen molar-refractivity contribution >= 4 is 50.2 Å². The Morgan fingerprint density at radius 3 is 2.56 bits per heavy atom. The molecule has 36 heavy (non-hydrogen) atoms. The Bertz CT molecular complexity index is 1610. The van der Waals surface area contributed by atoms with Crippen molar-refractivity contribution in [3.05, 3.63) is 94.5 Å². The first-order chi connectivity index (χ1) is 17.2. The number of carbonyl (C=O) groups excluding carboxylic acids is 1. The van der Waals surface area contributed by atoms with Gasteiger partial charge in [-0.25, -0.2) is 0 Å². The second-order valence-electron chi connectivity index (χ2n) is 7.44. The molecule has 1 aromatic heterocycles. The molecule has 0 fully saturated rings. The van der Waals surface area contributed by atoms with Gasteiger partial charge in [0.1, 0.15) is 22.3 Å². The molecule has 8 nitrogen and oxygen atoms in total. The van der Waals surface area contributed by atoms with E-state index in [0.29, 0.717) is 21.2 Å². The molecule has 3 aromatic carbocycles. The van der Waals surface area contributed by atoms with Crippen LogP contribution in [0.1, 0.15) is 11.1 Å². The molecular weight excluding hydrogens is 520 g/mol. The number of nitriles is 1. The summed E-state index contributed by atoms with van der Waals surface area (Å²) >= 11 is 7.29. The Morgan fingerprint density at radius 2 is 1.83 bits per heavy atom. The number of carbonyl (C=O) groups is 1. The molecule has 0 aliphatic carbocycles. The lowest BCUT2D eigenvalue weighted by Crippen LogP contribution is -2.13. The number of anilines is 1. The van der Waals surface area contributed by atoms with E-state index in [-0.39, 0.29) is 21.3 Å². The quantitative estimate of drug-likeness (QED) is 0.188. The first-order valence-corrected chi connectivity index (χ1v) is 13.0. The van der Waals surface area contributed by atoms with Crippen LogP contribution < -0.4 is 9.50 Å². The summed E-state index contributed by atoms with van der Waals surface area (Å²) in [5.74, 6) is -0.659. The topological polar surface area (TPSA) is 122 Å². The molecule has 1 N–H and O–H groups in total. The van der Waals surface area contributed by atoms with Crippen molar-refractivity contribution in [1.29, 1.82) is 5.26 Å². The van der Waals surface area contributed by atoms with Crippen LogP contribution in [0.25, 0.3) is 16.6 Å². The minimum Gasteiger partial charge on any atom is -0.379 e. The monoisotopic (exact) mass is 536 g/mol. The summed E-state index contributed by atoms with van der Waals surface area (Å²) < 4.78 is 30.4. The minimum atomic E-state index is -4.05. The highest BCUT2D eigenvalue weighted by atomic mass is 35.5. The number of hydrogen-bond acceptors (Lipinski definition) is 8. The van der Waals surface area contributed by atoms with E-state index in [1.54, 1.807) is 48.5 Å². The fourth-order valence-electron chi connectivity index (χ4n) is 3.03. The van der Waals surface area contributed by atoms with Gasteiger partial charge in [0.2, 0.25) is 5.13 Å². The molecule has 0 bridgehead atoms. The van der Waals surface area contributed by atoms with Crippen LogP contribution >= 0.6 is 22.9 Å². The highest BCUT2D eigenvalue weighted by Crippen LogP contribution is 2.31. The third-order valence-electron chi connectivity index (χ3n) is 4.80. The van der Waals surface area contributed by atoms with E-state index in [1.165, 1.54) is 30.3 Å². The number of rotatable bonds is 7. The van der Waals surface area contributed by atoms with Crippen molar-refractivity contribution in [3.8, 4) is 22.4 Å². The molecule has 0 atom stereocenters. The van der Waals surface area contributed by atoms with E-state index in [0.717, 1.165) is 16.9 Å². The van der Waals surface area contributed by atoms with Gasteiger partial charge in [0.05, 0.1) is 5.02 Å². The molecule has 1 heterocycles. The fraction of sp³-hybridized carbons (Fsp3) is 0.0400. The smallest absolute Gasteiger partial charge is 0.339 e. The summed E-state index contributed by atoms with van der Waals surface area (Å²) in [4.78, 5) is 12.7. The average Bonchev–Trinajstić information content (AvgIpc) is 3.31. The third kappa shape index (κ3) is 5.95. The number of nitrogens with one attached hydrogen (secondary N) is 1. The van der Waals surface area contributed by atoms with Gasteiger partial charge >= 0.3 is 10.1 Å². The van der Waals surface area contributed by atoms with E-state index in [2.05, 4.69) is 15.5 Å². The number of aryl methyl sites for hydroxylation is 1. The van der Waals surface area contributed by atoms with Gasteiger partial charge in [0.25, 0.3) is 5.91 Å². The average molecular weight is 537 g/mol. The minimum absolute atomic E-state index is 0.0133. The van der Waals surface area contributed by atoms with Crippen LogP contribution in [0.15, 0.2) is 83.3 Å². The SMILES string of the molecule is Cc1ccc(S(=O)(=O)Oc2cccc(/C=C(\C#N)C(=O)Nc3nnc(-c4ccccc4Cl)s3)c2)cc1. The summed E-state index contributed by atoms with van der Waals surface area (Å²) in [6, 6.07) is 21.2. The van der Waals surface area contributed by atoms with E-state index < -0.39 is 16.0 Å². The number of amides is 1. The highest BCUT2D eigenvalue weighted by molar-refractivity contribution is 7.87. The van der Waals surface area contributed by atoms with Gasteiger partial charge in [-0.3, -0.25) is 10.1 Å². The lowest BCUT2D eigenvalue weighted by atomic mass is 10.1. The first-order valence-electron chi connectivity index (χ1n) is 10.4. The summed E-state index contributed by atoms with van der Waals surface area (Å²) in [5, 5.41) is 21.3. The Kier molecular flexibility index (Phi) is 7.45. The van der Waals surface area contributed by atoms with Crippen LogP contribution in [0, 0.1) is 18.3 Å². The molecule has 0 aliphatic heterocycles. The first kappa shape index (κ1) is 25.1. The Labute approximate surface area is 216 Å². The number of hydrogen-bond donors (Lipinski definition) is 1. The zero-order chi connectivity index (χ0) is 25.7. The van der Waals surface area contributed by atoms with Gasteiger partial charge in [-0.05, 0) is 48.9 Å².